The quantitative estimate of drug-likeness (QED) is 0.200. The molecule has 1 heterocycles. The van der Waals surface area contributed by atoms with Gasteiger partial charge in [-0.05, 0) is 96.7 Å². The van der Waals surface area contributed by atoms with Crippen LogP contribution in [0.1, 0.15) is 81.7 Å². The Morgan fingerprint density at radius 2 is 1.07 bits per heavy atom. The molecule has 2 aliphatic carbocycles. The fourth-order valence-corrected chi connectivity index (χ4v) is 9.40. The number of benzene rings is 7. The molecule has 3 nitrogen and oxygen atoms in total. The van der Waals surface area contributed by atoms with E-state index in [0.717, 1.165) is 16.8 Å². The van der Waals surface area contributed by atoms with Gasteiger partial charge in [-0.3, -0.25) is 0 Å². The molecule has 7 aromatic carbocycles. The van der Waals surface area contributed by atoms with Crippen molar-refractivity contribution in [3.63, 3.8) is 0 Å². The largest absolute Gasteiger partial charge is 0.666 e. The van der Waals surface area contributed by atoms with Crippen LogP contribution in [0.25, 0.3) is 33.3 Å². The number of fused-ring (bicyclic) bond motifs is 9. The van der Waals surface area contributed by atoms with Crippen molar-refractivity contribution in [3.8, 4) is 28.3 Å². The Morgan fingerprint density at radius 1 is 0.519 bits per heavy atom. The van der Waals surface area contributed by atoms with Gasteiger partial charge in [0.1, 0.15) is 0 Å². The van der Waals surface area contributed by atoms with Crippen LogP contribution in [0.5, 0.6) is 0 Å². The molecule has 258 valence electrons. The van der Waals surface area contributed by atoms with Gasteiger partial charge in [0.25, 0.3) is 0 Å². The van der Waals surface area contributed by atoms with Gasteiger partial charge in [0.2, 0.25) is 0 Å². The van der Waals surface area contributed by atoms with Crippen LogP contribution in [0.2, 0.25) is 0 Å². The number of nitrogens with zero attached hydrogens (tertiary/aromatic N) is 2. The van der Waals surface area contributed by atoms with Crippen molar-refractivity contribution >= 4 is 5.70 Å². The second kappa shape index (κ2) is 12.3. The van der Waals surface area contributed by atoms with Gasteiger partial charge in [0.05, 0.1) is 17.0 Å². The first kappa shape index (κ1) is 32.2. The molecule has 1 aliphatic heterocycles. The second-order valence-corrected chi connectivity index (χ2v) is 15.2. The first-order chi connectivity index (χ1) is 26.5. The van der Waals surface area contributed by atoms with E-state index in [1.54, 1.807) is 0 Å². The molecule has 0 bridgehead atoms. The SMILES string of the molecule is CC1(C)c2ccccc2C2(c3ccccc3-c3ccc(-c4ccc(C5=CC(c6ccccc6)NC(c6ccc(C#N)cc6)[N-]5)cc4)cc32)c2ccccc21. The third-order valence-electron chi connectivity index (χ3n) is 12.0. The lowest BCUT2D eigenvalue weighted by Gasteiger charge is -2.46. The number of nitrogens with one attached hydrogen (secondary N) is 1. The molecular weight excluding hydrogens is 655 g/mol. The van der Waals surface area contributed by atoms with Crippen LogP contribution in [0, 0.1) is 11.3 Å². The fourth-order valence-electron chi connectivity index (χ4n) is 9.40. The Bertz CT molecular complexity index is 2590. The highest BCUT2D eigenvalue weighted by atomic mass is 15.2. The number of hydrogen-bond donors (Lipinski definition) is 1. The Kier molecular flexibility index (Phi) is 7.34. The summed E-state index contributed by atoms with van der Waals surface area (Å²) in [5, 5.41) is 18.3. The van der Waals surface area contributed by atoms with Crippen molar-refractivity contribution < 1.29 is 0 Å². The van der Waals surface area contributed by atoms with Crippen LogP contribution in [0.3, 0.4) is 0 Å². The summed E-state index contributed by atoms with van der Waals surface area (Å²) in [5.41, 5.74) is 17.5. The monoisotopic (exact) mass is 692 g/mol. The molecular formula is C51H38N3-. The minimum atomic E-state index is -0.420. The predicted molar refractivity (Wildman–Crippen MR) is 219 cm³/mol. The highest BCUT2D eigenvalue weighted by Crippen LogP contribution is 2.62. The van der Waals surface area contributed by atoms with E-state index in [1.165, 1.54) is 61.2 Å². The lowest BCUT2D eigenvalue weighted by molar-refractivity contribution is 0.541. The third kappa shape index (κ3) is 4.77. The van der Waals surface area contributed by atoms with Crippen LogP contribution >= 0.6 is 0 Å². The van der Waals surface area contributed by atoms with Crippen LogP contribution < -0.4 is 5.32 Å². The molecule has 0 saturated carbocycles. The Labute approximate surface area is 317 Å². The molecule has 0 amide bonds. The zero-order valence-electron chi connectivity index (χ0n) is 30.3. The van der Waals surface area contributed by atoms with E-state index in [4.69, 9.17) is 5.32 Å². The van der Waals surface area contributed by atoms with Gasteiger partial charge < -0.3 is 10.6 Å². The molecule has 54 heavy (non-hydrogen) atoms. The summed E-state index contributed by atoms with van der Waals surface area (Å²) in [6.45, 7) is 4.74. The topological polar surface area (TPSA) is 49.9 Å². The summed E-state index contributed by atoms with van der Waals surface area (Å²) in [7, 11) is 0. The summed E-state index contributed by atoms with van der Waals surface area (Å²) in [6.07, 6.45) is 1.98. The Balaban J connectivity index is 1.07. The molecule has 1 spiro atoms. The van der Waals surface area contributed by atoms with Gasteiger partial charge in [-0.25, -0.2) is 0 Å². The molecule has 3 aliphatic rings. The maximum Gasteiger partial charge on any atom is 0.0991 e. The van der Waals surface area contributed by atoms with E-state index in [-0.39, 0.29) is 17.6 Å². The third-order valence-corrected chi connectivity index (χ3v) is 12.0. The first-order valence-corrected chi connectivity index (χ1v) is 18.8. The number of hydrogen-bond acceptors (Lipinski definition) is 2. The lowest BCUT2D eigenvalue weighted by atomic mass is 9.55. The van der Waals surface area contributed by atoms with Gasteiger partial charge in [-0.1, -0.05) is 172 Å². The molecule has 2 unspecified atom stereocenters. The standard InChI is InChI=1S/C51H38N3/c1-50(2)42-16-8-10-18-44(42)51(45-19-11-9-17-43(45)50)41-15-7-6-14-39(41)40-29-28-38(30-46(40)51)34-24-26-36(27-25-34)48-31-47(35-12-4-3-5-13-35)53-49(54-48)37-22-20-33(32-52)21-23-37/h3-31,47,49,53H,1-2H3/q-1. The van der Waals surface area contributed by atoms with Gasteiger partial charge in [0.15, 0.2) is 0 Å². The highest BCUT2D eigenvalue weighted by Gasteiger charge is 2.53. The molecule has 0 radical (unpaired) electrons. The van der Waals surface area contributed by atoms with E-state index < -0.39 is 5.41 Å². The molecule has 10 rings (SSSR count). The maximum absolute atomic E-state index is 9.38. The van der Waals surface area contributed by atoms with Crippen molar-refractivity contribution in [2.75, 3.05) is 0 Å². The van der Waals surface area contributed by atoms with E-state index >= 15 is 0 Å². The fraction of sp³-hybridized carbons (Fsp3) is 0.118. The molecule has 7 aromatic rings. The summed E-state index contributed by atoms with van der Waals surface area (Å²) in [5.74, 6) is 0. The summed E-state index contributed by atoms with van der Waals surface area (Å²) in [6, 6.07) is 63.7. The molecule has 0 fully saturated rings. The van der Waals surface area contributed by atoms with Crippen LogP contribution in [0.15, 0.2) is 176 Å². The summed E-state index contributed by atoms with van der Waals surface area (Å²) in [4.78, 5) is 0. The van der Waals surface area contributed by atoms with Gasteiger partial charge in [-0.2, -0.15) is 5.26 Å². The highest BCUT2D eigenvalue weighted by molar-refractivity contribution is 5.90. The summed E-state index contributed by atoms with van der Waals surface area (Å²) < 4.78 is 0. The average Bonchev–Trinajstić information content (AvgIpc) is 3.53. The second-order valence-electron chi connectivity index (χ2n) is 15.2. The van der Waals surface area contributed by atoms with E-state index in [2.05, 4.69) is 171 Å². The zero-order valence-corrected chi connectivity index (χ0v) is 30.3. The summed E-state index contributed by atoms with van der Waals surface area (Å²) >= 11 is 0. The van der Waals surface area contributed by atoms with Crippen molar-refractivity contribution in [2.45, 2.75) is 36.9 Å². The van der Waals surface area contributed by atoms with E-state index in [0.29, 0.717) is 5.56 Å². The van der Waals surface area contributed by atoms with Crippen LogP contribution in [-0.2, 0) is 10.8 Å². The maximum atomic E-state index is 9.38. The molecule has 2 atom stereocenters. The first-order valence-electron chi connectivity index (χ1n) is 18.8. The Morgan fingerprint density at radius 3 is 1.74 bits per heavy atom. The van der Waals surface area contributed by atoms with Gasteiger partial charge in [0, 0.05) is 11.5 Å². The molecule has 3 heteroatoms. The normalized spacial score (nSPS) is 18.3. The molecule has 0 aromatic heterocycles. The predicted octanol–water partition coefficient (Wildman–Crippen LogP) is 12.0. The van der Waals surface area contributed by atoms with Gasteiger partial charge >= 0.3 is 0 Å². The molecule has 1 N–H and O–H groups in total. The van der Waals surface area contributed by atoms with Crippen molar-refractivity contribution in [2.24, 2.45) is 0 Å². The number of rotatable bonds is 4. The van der Waals surface area contributed by atoms with Crippen LogP contribution in [-0.4, -0.2) is 0 Å². The zero-order chi connectivity index (χ0) is 36.4. The minimum absolute atomic E-state index is 0.0141. The van der Waals surface area contributed by atoms with Crippen molar-refractivity contribution in [1.82, 2.24) is 5.32 Å². The number of nitriles is 1. The average molecular weight is 693 g/mol. The van der Waals surface area contributed by atoms with Crippen molar-refractivity contribution in [3.05, 3.63) is 237 Å². The smallest absolute Gasteiger partial charge is 0.0991 e. The minimum Gasteiger partial charge on any atom is -0.666 e. The molecule has 0 saturated heterocycles. The van der Waals surface area contributed by atoms with Crippen LogP contribution in [0.4, 0.5) is 0 Å². The van der Waals surface area contributed by atoms with E-state index in [9.17, 15) is 5.26 Å². The van der Waals surface area contributed by atoms with E-state index in [1.807, 2.05) is 30.3 Å². The lowest BCUT2D eigenvalue weighted by Crippen LogP contribution is -2.40. The van der Waals surface area contributed by atoms with Crippen molar-refractivity contribution in [1.29, 1.82) is 5.26 Å². The van der Waals surface area contributed by atoms with Gasteiger partial charge in [-0.15, -0.1) is 5.70 Å². The Hall–Kier alpha value is -6.47.